The Morgan fingerprint density at radius 1 is 1.30 bits per heavy atom. The maximum Gasteiger partial charge on any atom is 0.417 e. The Hall–Kier alpha value is -2.39. The first-order chi connectivity index (χ1) is 12.7. The average Bonchev–Trinajstić information content (AvgIpc) is 3.36. The lowest BCUT2D eigenvalue weighted by atomic mass is 10.0. The predicted molar refractivity (Wildman–Crippen MR) is 91.6 cm³/mol. The zero-order chi connectivity index (χ0) is 19.5. The van der Waals surface area contributed by atoms with Crippen molar-refractivity contribution in [3.63, 3.8) is 0 Å². The van der Waals surface area contributed by atoms with Crippen LogP contribution in [0.3, 0.4) is 0 Å². The quantitative estimate of drug-likeness (QED) is 0.735. The molecule has 0 aliphatic heterocycles. The van der Waals surface area contributed by atoms with Crippen molar-refractivity contribution in [2.75, 3.05) is 0 Å². The molecule has 3 aromatic rings. The van der Waals surface area contributed by atoms with Crippen LogP contribution in [0.15, 0.2) is 29.3 Å². The van der Waals surface area contributed by atoms with Gasteiger partial charge in [-0.05, 0) is 30.5 Å². The molecule has 0 amide bonds. The Bertz CT molecular complexity index is 1100. The van der Waals surface area contributed by atoms with E-state index in [4.69, 9.17) is 11.6 Å². The fraction of sp³-hybridized carbons (Fsp3) is 0.353. The molecule has 4 rings (SSSR count). The Morgan fingerprint density at radius 3 is 2.59 bits per heavy atom. The van der Waals surface area contributed by atoms with Crippen LogP contribution in [-0.4, -0.2) is 24.4 Å². The van der Waals surface area contributed by atoms with Gasteiger partial charge in [0.05, 0.1) is 22.6 Å². The summed E-state index contributed by atoms with van der Waals surface area (Å²) in [4.78, 5) is 16.8. The van der Waals surface area contributed by atoms with Crippen LogP contribution in [-0.2, 0) is 13.2 Å². The molecular formula is C17H14ClF3N4O2. The van der Waals surface area contributed by atoms with Gasteiger partial charge in [0.2, 0.25) is 0 Å². The highest BCUT2D eigenvalue weighted by atomic mass is 35.5. The van der Waals surface area contributed by atoms with Crippen molar-refractivity contribution in [3.8, 4) is 0 Å². The Balaban J connectivity index is 1.80. The molecule has 1 unspecified atom stereocenters. The number of halogens is 4. The largest absolute Gasteiger partial charge is 0.417 e. The van der Waals surface area contributed by atoms with E-state index in [1.54, 1.807) is 0 Å². The van der Waals surface area contributed by atoms with Crippen molar-refractivity contribution in [3.05, 3.63) is 56.7 Å². The van der Waals surface area contributed by atoms with Crippen LogP contribution < -0.4 is 5.56 Å². The molecule has 10 heteroatoms. The lowest BCUT2D eigenvalue weighted by Crippen LogP contribution is -2.19. The monoisotopic (exact) mass is 398 g/mol. The summed E-state index contributed by atoms with van der Waals surface area (Å²) >= 11 is 5.74. The van der Waals surface area contributed by atoms with Crippen molar-refractivity contribution in [2.45, 2.75) is 31.2 Å². The smallest absolute Gasteiger partial charge is 0.382 e. The number of aromatic nitrogens is 4. The number of benzene rings is 1. The molecule has 1 fully saturated rings. The molecule has 1 atom stereocenters. The van der Waals surface area contributed by atoms with Gasteiger partial charge < -0.3 is 5.11 Å². The van der Waals surface area contributed by atoms with Crippen LogP contribution in [0, 0.1) is 0 Å². The second-order valence-electron chi connectivity index (χ2n) is 6.53. The highest BCUT2D eigenvalue weighted by Gasteiger charge is 2.34. The second kappa shape index (κ2) is 6.07. The third kappa shape index (κ3) is 3.00. The average molecular weight is 399 g/mol. The molecule has 2 heterocycles. The number of rotatable bonds is 3. The third-order valence-corrected chi connectivity index (χ3v) is 4.94. The van der Waals surface area contributed by atoms with E-state index in [0.717, 1.165) is 31.0 Å². The molecule has 1 aliphatic carbocycles. The van der Waals surface area contributed by atoms with Crippen LogP contribution >= 0.6 is 11.6 Å². The van der Waals surface area contributed by atoms with E-state index in [9.17, 15) is 23.1 Å². The number of fused-ring (bicyclic) bond motifs is 1. The zero-order valence-electron chi connectivity index (χ0n) is 14.0. The minimum absolute atomic E-state index is 0.110. The lowest BCUT2D eigenvalue weighted by Gasteiger charge is -2.15. The van der Waals surface area contributed by atoms with Gasteiger partial charge in [-0.1, -0.05) is 17.7 Å². The van der Waals surface area contributed by atoms with Gasteiger partial charge in [0.15, 0.2) is 5.52 Å². The maximum atomic E-state index is 12.9. The fourth-order valence-electron chi connectivity index (χ4n) is 3.10. The van der Waals surface area contributed by atoms with Gasteiger partial charge in [0.1, 0.15) is 11.6 Å². The number of aliphatic hydroxyl groups is 1. The summed E-state index contributed by atoms with van der Waals surface area (Å²) in [5.41, 5.74) is -0.615. The third-order valence-electron chi connectivity index (χ3n) is 4.63. The number of aliphatic hydroxyl groups excluding tert-OH is 1. The number of hydrogen-bond donors (Lipinski definition) is 1. The van der Waals surface area contributed by atoms with Crippen LogP contribution in [0.1, 0.15) is 41.8 Å². The van der Waals surface area contributed by atoms with Crippen LogP contribution in [0.2, 0.25) is 5.02 Å². The van der Waals surface area contributed by atoms with Gasteiger partial charge in [0, 0.05) is 13.1 Å². The summed E-state index contributed by atoms with van der Waals surface area (Å²) in [6, 6.07) is 3.13. The van der Waals surface area contributed by atoms with E-state index in [1.165, 1.54) is 22.6 Å². The minimum atomic E-state index is -4.59. The van der Waals surface area contributed by atoms with E-state index < -0.39 is 22.9 Å². The molecular weight excluding hydrogens is 385 g/mol. The Labute approximate surface area is 155 Å². The number of aryl methyl sites for hydroxylation is 1. The molecule has 2 aromatic heterocycles. The highest BCUT2D eigenvalue weighted by Crippen LogP contribution is 2.37. The van der Waals surface area contributed by atoms with Crippen LogP contribution in [0.5, 0.6) is 0 Å². The van der Waals surface area contributed by atoms with Crippen LogP contribution in [0.4, 0.5) is 13.2 Å². The number of hydrogen-bond acceptors (Lipinski definition) is 4. The molecule has 1 saturated carbocycles. The van der Waals surface area contributed by atoms with Crippen molar-refractivity contribution in [1.82, 2.24) is 19.3 Å². The van der Waals surface area contributed by atoms with Crippen molar-refractivity contribution in [2.24, 2.45) is 7.05 Å². The number of alkyl halides is 3. The zero-order valence-corrected chi connectivity index (χ0v) is 14.8. The van der Waals surface area contributed by atoms with Gasteiger partial charge in [-0.2, -0.15) is 18.3 Å². The summed E-state index contributed by atoms with van der Waals surface area (Å²) in [6.07, 6.45) is -2.71. The summed E-state index contributed by atoms with van der Waals surface area (Å²) in [7, 11) is 1.53. The maximum absolute atomic E-state index is 12.9. The summed E-state index contributed by atoms with van der Waals surface area (Å²) < 4.78 is 41.4. The summed E-state index contributed by atoms with van der Waals surface area (Å²) in [6.45, 7) is 0. The Morgan fingerprint density at radius 2 is 2.00 bits per heavy atom. The normalized spacial score (nSPS) is 16.1. The first-order valence-corrected chi connectivity index (χ1v) is 8.54. The van der Waals surface area contributed by atoms with E-state index in [0.29, 0.717) is 0 Å². The van der Waals surface area contributed by atoms with Crippen molar-refractivity contribution < 1.29 is 18.3 Å². The van der Waals surface area contributed by atoms with Crippen LogP contribution in [0.25, 0.3) is 11.0 Å². The topological polar surface area (TPSA) is 72.9 Å². The van der Waals surface area contributed by atoms with Crippen molar-refractivity contribution >= 4 is 22.6 Å². The van der Waals surface area contributed by atoms with E-state index in [-0.39, 0.29) is 33.9 Å². The SMILES string of the molecule is Cn1nc2c(=O)n(C3CC3)cnc2c1C(O)c1ccc(C(F)(F)F)c(Cl)c1. The summed E-state index contributed by atoms with van der Waals surface area (Å²) in [5.74, 6) is 0. The molecule has 0 bridgehead atoms. The van der Waals surface area contributed by atoms with Gasteiger partial charge >= 0.3 is 6.18 Å². The number of nitrogens with zero attached hydrogens (tertiary/aromatic N) is 4. The minimum Gasteiger partial charge on any atom is -0.382 e. The van der Waals surface area contributed by atoms with Gasteiger partial charge in [-0.15, -0.1) is 0 Å². The van der Waals surface area contributed by atoms with E-state index in [2.05, 4.69) is 10.1 Å². The molecule has 1 aromatic carbocycles. The van der Waals surface area contributed by atoms with Crippen molar-refractivity contribution in [1.29, 1.82) is 0 Å². The molecule has 142 valence electrons. The molecule has 1 aliphatic rings. The van der Waals surface area contributed by atoms with Gasteiger partial charge in [-0.3, -0.25) is 14.0 Å². The standard InChI is InChI=1S/C17H14ClF3N4O2/c1-24-14(12-13(23-24)16(27)25(7-22-12)9-3-4-9)15(26)8-2-5-10(11(18)6-8)17(19,20)21/h2,5-7,9,15,26H,3-4H2,1H3. The highest BCUT2D eigenvalue weighted by molar-refractivity contribution is 6.31. The molecule has 0 radical (unpaired) electrons. The van der Waals surface area contributed by atoms with E-state index in [1.807, 2.05) is 0 Å². The molecule has 0 spiro atoms. The molecule has 27 heavy (non-hydrogen) atoms. The molecule has 6 nitrogen and oxygen atoms in total. The first-order valence-electron chi connectivity index (χ1n) is 8.17. The molecule has 1 N–H and O–H groups in total. The second-order valence-corrected chi connectivity index (χ2v) is 6.94. The van der Waals surface area contributed by atoms with E-state index >= 15 is 0 Å². The lowest BCUT2D eigenvalue weighted by molar-refractivity contribution is -0.137. The predicted octanol–water partition coefficient (Wildman–Crippen LogP) is 3.22. The summed E-state index contributed by atoms with van der Waals surface area (Å²) in [5, 5.41) is 14.3. The Kier molecular flexibility index (Phi) is 4.04. The first kappa shape index (κ1) is 18.0. The van der Waals surface area contributed by atoms with Gasteiger partial charge in [0.25, 0.3) is 5.56 Å². The molecule has 0 saturated heterocycles. The fourth-order valence-corrected chi connectivity index (χ4v) is 3.40. The van der Waals surface area contributed by atoms with Gasteiger partial charge in [-0.25, -0.2) is 4.98 Å².